The van der Waals surface area contributed by atoms with Crippen LogP contribution in [0.1, 0.15) is 35.4 Å². The Morgan fingerprint density at radius 2 is 1.85 bits per heavy atom. The van der Waals surface area contributed by atoms with E-state index in [1.54, 1.807) is 0 Å². The molecule has 0 aliphatic carbocycles. The SMILES string of the molecule is CC(NC(=O)c1cnc2ccccc2n1)c1ccc2c(c1)OCCCO2. The molecule has 132 valence electrons. The van der Waals surface area contributed by atoms with Gasteiger partial charge in [0.1, 0.15) is 5.69 Å². The van der Waals surface area contributed by atoms with Crippen molar-refractivity contribution < 1.29 is 14.3 Å². The van der Waals surface area contributed by atoms with Gasteiger partial charge in [-0.05, 0) is 36.8 Å². The van der Waals surface area contributed by atoms with Crippen LogP contribution in [0.5, 0.6) is 11.5 Å². The highest BCUT2D eigenvalue weighted by molar-refractivity contribution is 5.94. The van der Waals surface area contributed by atoms with Crippen LogP contribution in [0.3, 0.4) is 0 Å². The van der Waals surface area contributed by atoms with Crippen LogP contribution >= 0.6 is 0 Å². The zero-order chi connectivity index (χ0) is 17.9. The smallest absolute Gasteiger partial charge is 0.271 e. The molecule has 0 fully saturated rings. The quantitative estimate of drug-likeness (QED) is 0.785. The van der Waals surface area contributed by atoms with Gasteiger partial charge in [-0.3, -0.25) is 9.78 Å². The van der Waals surface area contributed by atoms with Gasteiger partial charge in [0, 0.05) is 6.42 Å². The Morgan fingerprint density at radius 1 is 1.08 bits per heavy atom. The third-order valence-corrected chi connectivity index (χ3v) is 4.30. The number of ether oxygens (including phenoxy) is 2. The Labute approximate surface area is 151 Å². The van der Waals surface area contributed by atoms with E-state index in [1.165, 1.54) is 6.20 Å². The number of nitrogens with zero attached hydrogens (tertiary/aromatic N) is 2. The van der Waals surface area contributed by atoms with Crippen LogP contribution < -0.4 is 14.8 Å². The van der Waals surface area contributed by atoms with Crippen LogP contribution in [0.25, 0.3) is 11.0 Å². The highest BCUT2D eigenvalue weighted by Crippen LogP contribution is 2.32. The van der Waals surface area contributed by atoms with Crippen molar-refractivity contribution in [1.82, 2.24) is 15.3 Å². The number of para-hydroxylation sites is 2. The van der Waals surface area contributed by atoms with Crippen LogP contribution in [0.4, 0.5) is 0 Å². The van der Waals surface area contributed by atoms with Gasteiger partial charge in [-0.25, -0.2) is 4.98 Å². The lowest BCUT2D eigenvalue weighted by Crippen LogP contribution is -2.27. The average molecular weight is 349 g/mol. The number of hydrogen-bond acceptors (Lipinski definition) is 5. The molecule has 1 aromatic heterocycles. The van der Waals surface area contributed by atoms with Crippen LogP contribution in [0, 0.1) is 0 Å². The molecule has 0 saturated heterocycles. The van der Waals surface area contributed by atoms with Crippen LogP contribution in [-0.4, -0.2) is 29.1 Å². The third kappa shape index (κ3) is 3.31. The topological polar surface area (TPSA) is 73.3 Å². The highest BCUT2D eigenvalue weighted by atomic mass is 16.5. The number of amides is 1. The van der Waals surface area contributed by atoms with E-state index in [0.717, 1.165) is 23.3 Å². The molecule has 0 saturated carbocycles. The first kappa shape index (κ1) is 16.3. The lowest BCUT2D eigenvalue weighted by Gasteiger charge is -2.16. The van der Waals surface area contributed by atoms with E-state index in [-0.39, 0.29) is 11.9 Å². The second-order valence-corrected chi connectivity index (χ2v) is 6.20. The van der Waals surface area contributed by atoms with E-state index in [0.29, 0.717) is 30.2 Å². The summed E-state index contributed by atoms with van der Waals surface area (Å²) in [5.74, 6) is 1.19. The fourth-order valence-corrected chi connectivity index (χ4v) is 2.87. The molecule has 1 amide bonds. The van der Waals surface area contributed by atoms with Gasteiger partial charge >= 0.3 is 0 Å². The zero-order valence-corrected chi connectivity index (χ0v) is 14.4. The van der Waals surface area contributed by atoms with Gasteiger partial charge < -0.3 is 14.8 Å². The molecule has 4 rings (SSSR count). The maximum atomic E-state index is 12.5. The molecule has 3 aromatic rings. The Balaban J connectivity index is 1.52. The van der Waals surface area contributed by atoms with Gasteiger partial charge in [0.2, 0.25) is 0 Å². The number of fused-ring (bicyclic) bond motifs is 2. The van der Waals surface area contributed by atoms with Crippen molar-refractivity contribution in [3.05, 3.63) is 59.9 Å². The summed E-state index contributed by atoms with van der Waals surface area (Å²) in [6, 6.07) is 13.0. The van der Waals surface area contributed by atoms with Gasteiger partial charge in [-0.2, -0.15) is 0 Å². The number of carbonyl (C=O) groups is 1. The van der Waals surface area contributed by atoms with E-state index in [4.69, 9.17) is 9.47 Å². The maximum Gasteiger partial charge on any atom is 0.271 e. The molecular weight excluding hydrogens is 330 g/mol. The summed E-state index contributed by atoms with van der Waals surface area (Å²) in [5.41, 5.74) is 2.70. The van der Waals surface area contributed by atoms with Crippen LogP contribution in [0.2, 0.25) is 0 Å². The lowest BCUT2D eigenvalue weighted by atomic mass is 10.1. The van der Waals surface area contributed by atoms with Gasteiger partial charge in [0.15, 0.2) is 11.5 Å². The second kappa shape index (κ2) is 7.00. The van der Waals surface area contributed by atoms with Crippen molar-refractivity contribution in [3.8, 4) is 11.5 Å². The summed E-state index contributed by atoms with van der Waals surface area (Å²) in [4.78, 5) is 21.2. The van der Waals surface area contributed by atoms with Crippen LogP contribution in [-0.2, 0) is 0 Å². The molecule has 6 nitrogen and oxygen atoms in total. The Bertz CT molecular complexity index is 958. The van der Waals surface area contributed by atoms with E-state index in [2.05, 4.69) is 15.3 Å². The summed E-state index contributed by atoms with van der Waals surface area (Å²) < 4.78 is 11.4. The van der Waals surface area contributed by atoms with E-state index < -0.39 is 0 Å². The minimum atomic E-state index is -0.261. The second-order valence-electron chi connectivity index (χ2n) is 6.20. The minimum absolute atomic E-state index is 0.201. The minimum Gasteiger partial charge on any atom is -0.490 e. The summed E-state index contributed by atoms with van der Waals surface area (Å²) in [6.45, 7) is 3.20. The van der Waals surface area contributed by atoms with Gasteiger partial charge in [0.25, 0.3) is 5.91 Å². The molecule has 6 heteroatoms. The number of aromatic nitrogens is 2. The predicted octanol–water partition coefficient (Wildman–Crippen LogP) is 3.28. The van der Waals surface area contributed by atoms with E-state index in [9.17, 15) is 4.79 Å². The molecular formula is C20H19N3O3. The average Bonchev–Trinajstić information content (AvgIpc) is 2.92. The van der Waals surface area contributed by atoms with Crippen molar-refractivity contribution in [1.29, 1.82) is 0 Å². The first-order chi connectivity index (χ1) is 12.7. The molecule has 26 heavy (non-hydrogen) atoms. The summed E-state index contributed by atoms with van der Waals surface area (Å²) in [5, 5.41) is 2.96. The summed E-state index contributed by atoms with van der Waals surface area (Å²) in [6.07, 6.45) is 2.36. The molecule has 1 N–H and O–H groups in total. The van der Waals surface area contributed by atoms with Crippen molar-refractivity contribution in [2.75, 3.05) is 13.2 Å². The number of carbonyl (C=O) groups excluding carboxylic acids is 1. The number of benzene rings is 2. The third-order valence-electron chi connectivity index (χ3n) is 4.30. The van der Waals surface area contributed by atoms with Crippen LogP contribution in [0.15, 0.2) is 48.7 Å². The Kier molecular flexibility index (Phi) is 4.39. The molecule has 2 aromatic carbocycles. The van der Waals surface area contributed by atoms with Crippen molar-refractivity contribution in [3.63, 3.8) is 0 Å². The molecule has 0 radical (unpaired) electrons. The molecule has 1 unspecified atom stereocenters. The molecule has 0 spiro atoms. The number of nitrogens with one attached hydrogen (secondary N) is 1. The molecule has 1 atom stereocenters. The largest absolute Gasteiger partial charge is 0.490 e. The monoisotopic (exact) mass is 349 g/mol. The fourth-order valence-electron chi connectivity index (χ4n) is 2.87. The molecule has 1 aliphatic rings. The van der Waals surface area contributed by atoms with E-state index in [1.807, 2.05) is 49.4 Å². The normalized spacial score (nSPS) is 14.5. The standard InChI is InChI=1S/C20H19N3O3/c1-13(14-7-8-18-19(11-14)26-10-4-9-25-18)22-20(24)17-12-21-15-5-2-3-6-16(15)23-17/h2-3,5-8,11-13H,4,9-10H2,1H3,(H,22,24). The van der Waals surface area contributed by atoms with Crippen molar-refractivity contribution in [2.45, 2.75) is 19.4 Å². The predicted molar refractivity (Wildman–Crippen MR) is 97.5 cm³/mol. The van der Waals surface area contributed by atoms with Crippen molar-refractivity contribution >= 4 is 16.9 Å². The molecule has 2 heterocycles. The van der Waals surface area contributed by atoms with E-state index >= 15 is 0 Å². The Hall–Kier alpha value is -3.15. The summed E-state index contributed by atoms with van der Waals surface area (Å²) in [7, 11) is 0. The van der Waals surface area contributed by atoms with Gasteiger partial charge in [-0.15, -0.1) is 0 Å². The fraction of sp³-hybridized carbons (Fsp3) is 0.250. The molecule has 0 bridgehead atoms. The first-order valence-corrected chi connectivity index (χ1v) is 8.63. The highest BCUT2D eigenvalue weighted by Gasteiger charge is 2.17. The van der Waals surface area contributed by atoms with Gasteiger partial charge in [0.05, 0.1) is 36.5 Å². The number of hydrogen-bond donors (Lipinski definition) is 1. The molecule has 1 aliphatic heterocycles. The zero-order valence-electron chi connectivity index (χ0n) is 14.4. The Morgan fingerprint density at radius 3 is 2.69 bits per heavy atom. The maximum absolute atomic E-state index is 12.5. The summed E-state index contributed by atoms with van der Waals surface area (Å²) >= 11 is 0. The van der Waals surface area contributed by atoms with Gasteiger partial charge in [-0.1, -0.05) is 18.2 Å². The van der Waals surface area contributed by atoms with Crippen molar-refractivity contribution in [2.24, 2.45) is 0 Å². The first-order valence-electron chi connectivity index (χ1n) is 8.63. The number of rotatable bonds is 3. The lowest BCUT2D eigenvalue weighted by molar-refractivity contribution is 0.0934.